The fourth-order valence-electron chi connectivity index (χ4n) is 2.65. The summed E-state index contributed by atoms with van der Waals surface area (Å²) in [6, 6.07) is 6.51. The maximum atomic E-state index is 5.66. The molecule has 1 fully saturated rings. The maximum absolute atomic E-state index is 5.66. The van der Waals surface area contributed by atoms with E-state index in [-0.39, 0.29) is 0 Å². The minimum Gasteiger partial charge on any atom is -0.496 e. The molecule has 2 rings (SSSR count). The summed E-state index contributed by atoms with van der Waals surface area (Å²) in [5.41, 5.74) is 8.27. The number of hydrogen-bond acceptors (Lipinski definition) is 4. The molecule has 1 aromatic carbocycles. The van der Waals surface area contributed by atoms with Gasteiger partial charge in [-0.2, -0.15) is 0 Å². The van der Waals surface area contributed by atoms with Crippen molar-refractivity contribution in [3.63, 3.8) is 0 Å². The van der Waals surface area contributed by atoms with Gasteiger partial charge in [0.05, 0.1) is 20.3 Å². The van der Waals surface area contributed by atoms with Gasteiger partial charge >= 0.3 is 0 Å². The van der Waals surface area contributed by atoms with E-state index < -0.39 is 0 Å². The zero-order valence-corrected chi connectivity index (χ0v) is 12.6. The number of morpholine rings is 1. The Morgan fingerprint density at radius 3 is 2.75 bits per heavy atom. The van der Waals surface area contributed by atoms with Crippen LogP contribution in [0.1, 0.15) is 30.4 Å². The molecule has 4 nitrogen and oxygen atoms in total. The number of methoxy groups -OCH3 is 1. The number of rotatable bonds is 6. The van der Waals surface area contributed by atoms with Crippen LogP contribution in [0.4, 0.5) is 0 Å². The highest BCUT2D eigenvalue weighted by Gasteiger charge is 2.15. The molecule has 1 atom stereocenters. The molecule has 0 aliphatic carbocycles. The zero-order chi connectivity index (χ0) is 14.4. The topological polar surface area (TPSA) is 47.7 Å². The van der Waals surface area contributed by atoms with Crippen molar-refractivity contribution in [3.05, 3.63) is 29.3 Å². The van der Waals surface area contributed by atoms with Crippen LogP contribution < -0.4 is 10.5 Å². The molecule has 0 spiro atoms. The van der Waals surface area contributed by atoms with Gasteiger partial charge in [0, 0.05) is 25.2 Å². The molecule has 20 heavy (non-hydrogen) atoms. The summed E-state index contributed by atoms with van der Waals surface area (Å²) < 4.78 is 10.9. The fraction of sp³-hybridized carbons (Fsp3) is 0.625. The molecular weight excluding hydrogens is 252 g/mol. The van der Waals surface area contributed by atoms with E-state index in [9.17, 15) is 0 Å². The van der Waals surface area contributed by atoms with Gasteiger partial charge in [0.1, 0.15) is 5.75 Å². The summed E-state index contributed by atoms with van der Waals surface area (Å²) in [6.07, 6.45) is 1.02. The summed E-state index contributed by atoms with van der Waals surface area (Å²) >= 11 is 0. The van der Waals surface area contributed by atoms with Crippen molar-refractivity contribution in [2.24, 2.45) is 5.73 Å². The minimum atomic E-state index is 0.495. The smallest absolute Gasteiger partial charge is 0.123 e. The van der Waals surface area contributed by atoms with Crippen LogP contribution in [-0.4, -0.2) is 44.9 Å². The fourth-order valence-corrected chi connectivity index (χ4v) is 2.65. The van der Waals surface area contributed by atoms with E-state index in [0.29, 0.717) is 5.92 Å². The van der Waals surface area contributed by atoms with Crippen molar-refractivity contribution in [3.8, 4) is 5.75 Å². The second kappa shape index (κ2) is 7.62. The molecule has 1 unspecified atom stereocenters. The zero-order valence-electron chi connectivity index (χ0n) is 12.6. The Hall–Kier alpha value is -1.10. The Bertz CT molecular complexity index is 417. The predicted molar refractivity (Wildman–Crippen MR) is 81.2 cm³/mol. The van der Waals surface area contributed by atoms with Gasteiger partial charge < -0.3 is 15.2 Å². The first kappa shape index (κ1) is 15.3. The highest BCUT2D eigenvalue weighted by Crippen LogP contribution is 2.27. The molecule has 0 saturated carbocycles. The average molecular weight is 278 g/mol. The van der Waals surface area contributed by atoms with E-state index >= 15 is 0 Å². The molecular formula is C16H26N2O2. The summed E-state index contributed by atoms with van der Waals surface area (Å²) in [7, 11) is 1.74. The third kappa shape index (κ3) is 3.95. The van der Waals surface area contributed by atoms with Crippen molar-refractivity contribution < 1.29 is 9.47 Å². The van der Waals surface area contributed by atoms with Crippen LogP contribution in [0.15, 0.2) is 18.2 Å². The van der Waals surface area contributed by atoms with Crippen LogP contribution in [-0.2, 0) is 11.3 Å². The van der Waals surface area contributed by atoms with Crippen molar-refractivity contribution in [2.75, 3.05) is 40.0 Å². The van der Waals surface area contributed by atoms with E-state index in [1.54, 1.807) is 7.11 Å². The second-order valence-electron chi connectivity index (χ2n) is 5.44. The Morgan fingerprint density at radius 2 is 2.10 bits per heavy atom. The lowest BCUT2D eigenvalue weighted by Crippen LogP contribution is -2.35. The van der Waals surface area contributed by atoms with Crippen LogP contribution >= 0.6 is 0 Å². The lowest BCUT2D eigenvalue weighted by molar-refractivity contribution is 0.0338. The predicted octanol–water partition coefficient (Wildman–Crippen LogP) is 1.98. The van der Waals surface area contributed by atoms with Crippen LogP contribution in [0.5, 0.6) is 5.75 Å². The van der Waals surface area contributed by atoms with Gasteiger partial charge in [-0.3, -0.25) is 4.90 Å². The first-order valence-electron chi connectivity index (χ1n) is 7.41. The lowest BCUT2D eigenvalue weighted by atomic mass is 9.95. The number of nitrogens with two attached hydrogens (primary N) is 1. The molecule has 0 amide bonds. The maximum Gasteiger partial charge on any atom is 0.123 e. The number of benzene rings is 1. The van der Waals surface area contributed by atoms with Gasteiger partial charge in [0.25, 0.3) is 0 Å². The second-order valence-corrected chi connectivity index (χ2v) is 5.44. The quantitative estimate of drug-likeness (QED) is 0.864. The standard InChI is InChI=1S/C16H26N2O2/c1-13(5-6-17)14-3-4-16(19-2)15(11-14)12-18-7-9-20-10-8-18/h3-4,11,13H,5-10,12,17H2,1-2H3. The minimum absolute atomic E-state index is 0.495. The van der Waals surface area contributed by atoms with Crippen molar-refractivity contribution in [2.45, 2.75) is 25.8 Å². The molecule has 112 valence electrons. The van der Waals surface area contributed by atoms with Crippen LogP contribution in [0.25, 0.3) is 0 Å². The molecule has 1 aromatic rings. The lowest BCUT2D eigenvalue weighted by Gasteiger charge is -2.27. The van der Waals surface area contributed by atoms with Crippen molar-refractivity contribution in [1.29, 1.82) is 0 Å². The molecule has 2 N–H and O–H groups in total. The molecule has 0 bridgehead atoms. The van der Waals surface area contributed by atoms with Crippen molar-refractivity contribution in [1.82, 2.24) is 4.90 Å². The molecule has 0 radical (unpaired) electrons. The SMILES string of the molecule is COc1ccc(C(C)CCN)cc1CN1CCOCC1. The van der Waals surface area contributed by atoms with E-state index in [1.165, 1.54) is 11.1 Å². The molecule has 1 aliphatic rings. The van der Waals surface area contributed by atoms with Gasteiger partial charge in [-0.25, -0.2) is 0 Å². The Balaban J connectivity index is 2.13. The highest BCUT2D eigenvalue weighted by atomic mass is 16.5. The monoisotopic (exact) mass is 278 g/mol. The first-order valence-corrected chi connectivity index (χ1v) is 7.41. The normalized spacial score (nSPS) is 17.9. The number of ether oxygens (including phenoxy) is 2. The third-order valence-corrected chi connectivity index (χ3v) is 3.97. The van der Waals surface area contributed by atoms with Crippen LogP contribution in [0.3, 0.4) is 0 Å². The molecule has 4 heteroatoms. The molecule has 1 heterocycles. The summed E-state index contributed by atoms with van der Waals surface area (Å²) in [6.45, 7) is 7.52. The van der Waals surface area contributed by atoms with Gasteiger partial charge in [-0.1, -0.05) is 19.1 Å². The van der Waals surface area contributed by atoms with E-state index in [2.05, 4.69) is 30.0 Å². The third-order valence-electron chi connectivity index (χ3n) is 3.97. The van der Waals surface area contributed by atoms with Crippen molar-refractivity contribution >= 4 is 0 Å². The summed E-state index contributed by atoms with van der Waals surface area (Å²) in [5, 5.41) is 0. The molecule has 1 saturated heterocycles. The Morgan fingerprint density at radius 1 is 1.35 bits per heavy atom. The summed E-state index contributed by atoms with van der Waals surface area (Å²) in [4.78, 5) is 2.42. The van der Waals surface area contributed by atoms with Gasteiger partial charge in [-0.05, 0) is 30.5 Å². The van der Waals surface area contributed by atoms with Crippen LogP contribution in [0.2, 0.25) is 0 Å². The first-order chi connectivity index (χ1) is 9.74. The summed E-state index contributed by atoms with van der Waals surface area (Å²) in [5.74, 6) is 1.47. The van der Waals surface area contributed by atoms with Gasteiger partial charge in [0.15, 0.2) is 0 Å². The average Bonchev–Trinajstić information content (AvgIpc) is 2.48. The Kier molecular flexibility index (Phi) is 5.83. The van der Waals surface area contributed by atoms with E-state index in [4.69, 9.17) is 15.2 Å². The van der Waals surface area contributed by atoms with Gasteiger partial charge in [-0.15, -0.1) is 0 Å². The Labute approximate surface area is 121 Å². The molecule has 1 aliphatic heterocycles. The van der Waals surface area contributed by atoms with Crippen LogP contribution in [0, 0.1) is 0 Å². The van der Waals surface area contributed by atoms with E-state index in [1.807, 2.05) is 0 Å². The number of nitrogens with zero attached hydrogens (tertiary/aromatic N) is 1. The van der Waals surface area contributed by atoms with E-state index in [0.717, 1.165) is 51.6 Å². The number of hydrogen-bond donors (Lipinski definition) is 1. The highest BCUT2D eigenvalue weighted by molar-refractivity contribution is 5.38. The van der Waals surface area contributed by atoms with Gasteiger partial charge in [0.2, 0.25) is 0 Å². The largest absolute Gasteiger partial charge is 0.496 e. The molecule has 0 aromatic heterocycles.